The first kappa shape index (κ1) is 12.4. The Balaban J connectivity index is 3.72. The first-order valence-corrected chi connectivity index (χ1v) is 6.14. The van der Waals surface area contributed by atoms with E-state index in [4.69, 9.17) is 5.73 Å². The lowest BCUT2D eigenvalue weighted by Gasteiger charge is -2.08. The van der Waals surface area contributed by atoms with E-state index in [0.717, 1.165) is 6.26 Å². The third-order valence-corrected chi connectivity index (χ3v) is 2.49. The molecule has 13 heavy (non-hydrogen) atoms. The maximum Gasteiger partial charge on any atom is 0.236 e. The van der Waals surface area contributed by atoms with Crippen LogP contribution in [0.2, 0.25) is 0 Å². The minimum absolute atomic E-state index is 0.0465. The molecule has 0 spiro atoms. The molecule has 5 nitrogen and oxygen atoms in total. The van der Waals surface area contributed by atoms with Gasteiger partial charge in [0, 0.05) is 12.8 Å². The zero-order chi connectivity index (χ0) is 10.5. The molecule has 1 atom stereocenters. The third-order valence-electron chi connectivity index (χ3n) is 1.55. The van der Waals surface area contributed by atoms with Crippen LogP contribution in [0.5, 0.6) is 0 Å². The number of nitrogens with two attached hydrogens (primary N) is 1. The normalized spacial score (nSPS) is 13.8. The second-order valence-electron chi connectivity index (χ2n) is 2.94. The maximum absolute atomic E-state index is 11.0. The van der Waals surface area contributed by atoms with Crippen LogP contribution in [-0.2, 0) is 14.6 Å². The molecule has 0 rings (SSSR count). The summed E-state index contributed by atoms with van der Waals surface area (Å²) in [4.78, 5) is 11.0. The number of nitrogens with one attached hydrogen (secondary N) is 1. The number of carbonyl (C=O) groups excluding carboxylic acids is 1. The van der Waals surface area contributed by atoms with Gasteiger partial charge in [-0.25, -0.2) is 8.42 Å². The predicted molar refractivity (Wildman–Crippen MR) is 51.0 cm³/mol. The Kier molecular flexibility index (Phi) is 4.94. The molecule has 0 aliphatic carbocycles. The van der Waals surface area contributed by atoms with Crippen LogP contribution in [-0.4, -0.2) is 38.9 Å². The van der Waals surface area contributed by atoms with Crippen molar-refractivity contribution in [1.82, 2.24) is 5.32 Å². The smallest absolute Gasteiger partial charge is 0.236 e. The highest BCUT2D eigenvalue weighted by molar-refractivity contribution is 7.90. The number of hydrogen-bond acceptors (Lipinski definition) is 4. The minimum Gasteiger partial charge on any atom is -0.354 e. The van der Waals surface area contributed by atoms with Gasteiger partial charge in [-0.05, 0) is 6.42 Å². The van der Waals surface area contributed by atoms with E-state index in [2.05, 4.69) is 5.32 Å². The van der Waals surface area contributed by atoms with E-state index >= 15 is 0 Å². The van der Waals surface area contributed by atoms with Crippen molar-refractivity contribution < 1.29 is 13.2 Å². The fourth-order valence-electron chi connectivity index (χ4n) is 0.676. The van der Waals surface area contributed by atoms with Crippen molar-refractivity contribution in [2.24, 2.45) is 5.73 Å². The largest absolute Gasteiger partial charge is 0.354 e. The monoisotopic (exact) mass is 208 g/mol. The van der Waals surface area contributed by atoms with Crippen LogP contribution in [0.1, 0.15) is 13.3 Å². The lowest BCUT2D eigenvalue weighted by Crippen LogP contribution is -2.41. The molecular weight excluding hydrogens is 192 g/mol. The molecule has 0 fully saturated rings. The van der Waals surface area contributed by atoms with E-state index in [1.54, 1.807) is 6.92 Å². The fraction of sp³-hybridized carbons (Fsp3) is 0.857. The zero-order valence-corrected chi connectivity index (χ0v) is 8.73. The van der Waals surface area contributed by atoms with E-state index in [0.29, 0.717) is 6.42 Å². The minimum atomic E-state index is -3.01. The van der Waals surface area contributed by atoms with Crippen molar-refractivity contribution in [2.45, 2.75) is 19.4 Å². The van der Waals surface area contributed by atoms with Gasteiger partial charge in [0.2, 0.25) is 5.91 Å². The molecule has 1 amide bonds. The van der Waals surface area contributed by atoms with Crippen molar-refractivity contribution in [3.63, 3.8) is 0 Å². The molecule has 6 heteroatoms. The Labute approximate surface area is 78.6 Å². The molecule has 0 aromatic heterocycles. The van der Waals surface area contributed by atoms with E-state index in [9.17, 15) is 13.2 Å². The maximum atomic E-state index is 11.0. The Morgan fingerprint density at radius 3 is 2.46 bits per heavy atom. The number of carbonyl (C=O) groups is 1. The SMILES string of the molecule is CCC(N)C(=O)NCCS(C)(=O)=O. The number of amides is 1. The molecule has 1 unspecified atom stereocenters. The van der Waals surface area contributed by atoms with Gasteiger partial charge in [0.25, 0.3) is 0 Å². The van der Waals surface area contributed by atoms with Crippen LogP contribution in [0.15, 0.2) is 0 Å². The lowest BCUT2D eigenvalue weighted by atomic mass is 10.2. The molecule has 0 aliphatic heterocycles. The zero-order valence-electron chi connectivity index (χ0n) is 7.91. The molecule has 78 valence electrons. The van der Waals surface area contributed by atoms with Crippen LogP contribution in [0.4, 0.5) is 0 Å². The molecule has 0 radical (unpaired) electrons. The summed E-state index contributed by atoms with van der Waals surface area (Å²) in [6.07, 6.45) is 1.67. The van der Waals surface area contributed by atoms with Gasteiger partial charge in [0.1, 0.15) is 9.84 Å². The number of sulfone groups is 1. The first-order valence-electron chi connectivity index (χ1n) is 4.08. The van der Waals surface area contributed by atoms with Gasteiger partial charge < -0.3 is 11.1 Å². The molecule has 0 saturated carbocycles. The van der Waals surface area contributed by atoms with Crippen LogP contribution >= 0.6 is 0 Å². The molecular formula is C7H16N2O3S. The highest BCUT2D eigenvalue weighted by atomic mass is 32.2. The van der Waals surface area contributed by atoms with Gasteiger partial charge in [0.05, 0.1) is 11.8 Å². The van der Waals surface area contributed by atoms with Crippen LogP contribution < -0.4 is 11.1 Å². The Hall–Kier alpha value is -0.620. The molecule has 0 aromatic rings. The topological polar surface area (TPSA) is 89.3 Å². The van der Waals surface area contributed by atoms with Crippen molar-refractivity contribution in [3.8, 4) is 0 Å². The molecule has 0 saturated heterocycles. The number of rotatable bonds is 5. The van der Waals surface area contributed by atoms with Crippen molar-refractivity contribution in [1.29, 1.82) is 0 Å². The summed E-state index contributed by atoms with van der Waals surface area (Å²) in [5, 5.41) is 2.45. The van der Waals surface area contributed by atoms with Crippen molar-refractivity contribution in [2.75, 3.05) is 18.6 Å². The van der Waals surface area contributed by atoms with Crippen LogP contribution in [0.3, 0.4) is 0 Å². The summed E-state index contributed by atoms with van der Waals surface area (Å²) in [7, 11) is -3.01. The van der Waals surface area contributed by atoms with Crippen LogP contribution in [0.25, 0.3) is 0 Å². The van der Waals surface area contributed by atoms with E-state index < -0.39 is 15.9 Å². The second-order valence-corrected chi connectivity index (χ2v) is 5.20. The highest BCUT2D eigenvalue weighted by Crippen LogP contribution is 1.86. The third kappa shape index (κ3) is 6.53. The summed E-state index contributed by atoms with van der Waals surface area (Å²) in [5.41, 5.74) is 5.40. The quantitative estimate of drug-likeness (QED) is 0.599. The van der Waals surface area contributed by atoms with Gasteiger partial charge in [-0.3, -0.25) is 4.79 Å². The Morgan fingerprint density at radius 1 is 1.54 bits per heavy atom. The molecule has 0 heterocycles. The number of hydrogen-bond donors (Lipinski definition) is 2. The highest BCUT2D eigenvalue weighted by Gasteiger charge is 2.10. The Morgan fingerprint density at radius 2 is 2.08 bits per heavy atom. The van der Waals surface area contributed by atoms with Gasteiger partial charge in [-0.15, -0.1) is 0 Å². The van der Waals surface area contributed by atoms with E-state index in [-0.39, 0.29) is 18.2 Å². The van der Waals surface area contributed by atoms with Gasteiger partial charge >= 0.3 is 0 Å². The molecule has 0 aliphatic rings. The molecule has 3 N–H and O–H groups in total. The summed E-state index contributed by atoms with van der Waals surface area (Å²) in [6, 6.07) is -0.542. The average Bonchev–Trinajstić information content (AvgIpc) is 2.00. The Bertz CT molecular complexity index is 261. The second kappa shape index (κ2) is 5.18. The summed E-state index contributed by atoms with van der Waals surface area (Å²) in [6.45, 7) is 1.92. The standard InChI is InChI=1S/C7H16N2O3S/c1-3-6(8)7(10)9-4-5-13(2,11)12/h6H,3-5,8H2,1-2H3,(H,9,10). The summed E-state index contributed by atoms with van der Waals surface area (Å²) in [5.74, 6) is -0.346. The first-order chi connectivity index (χ1) is 5.87. The van der Waals surface area contributed by atoms with Crippen molar-refractivity contribution >= 4 is 15.7 Å². The van der Waals surface area contributed by atoms with E-state index in [1.165, 1.54) is 0 Å². The van der Waals surface area contributed by atoms with Crippen LogP contribution in [0, 0.1) is 0 Å². The summed E-state index contributed by atoms with van der Waals surface area (Å²) < 4.78 is 21.3. The average molecular weight is 208 g/mol. The van der Waals surface area contributed by atoms with Gasteiger partial charge in [-0.2, -0.15) is 0 Å². The van der Waals surface area contributed by atoms with Gasteiger partial charge in [-0.1, -0.05) is 6.92 Å². The van der Waals surface area contributed by atoms with Gasteiger partial charge in [0.15, 0.2) is 0 Å². The van der Waals surface area contributed by atoms with Crippen molar-refractivity contribution in [3.05, 3.63) is 0 Å². The summed E-state index contributed by atoms with van der Waals surface area (Å²) >= 11 is 0. The fourth-order valence-corrected chi connectivity index (χ4v) is 1.15. The lowest BCUT2D eigenvalue weighted by molar-refractivity contribution is -0.122. The predicted octanol–water partition coefficient (Wildman–Crippen LogP) is -1.12. The van der Waals surface area contributed by atoms with E-state index in [1.807, 2.05) is 0 Å². The molecule has 0 aromatic carbocycles. The molecule has 0 bridgehead atoms.